The average molecular weight is 343 g/mol. The molecule has 0 radical (unpaired) electrons. The molecule has 0 saturated carbocycles. The van der Waals surface area contributed by atoms with Crippen LogP contribution in [0.25, 0.3) is 0 Å². The summed E-state index contributed by atoms with van der Waals surface area (Å²) in [7, 11) is 0. The van der Waals surface area contributed by atoms with Gasteiger partial charge in [0.15, 0.2) is 0 Å². The predicted octanol–water partition coefficient (Wildman–Crippen LogP) is 5.58. The molecular weight excluding hydrogens is 325 g/mol. The van der Waals surface area contributed by atoms with Gasteiger partial charge in [0, 0.05) is 27.5 Å². The van der Waals surface area contributed by atoms with Crippen LogP contribution in [0.4, 0.5) is 0 Å². The van der Waals surface area contributed by atoms with Crippen molar-refractivity contribution >= 4 is 34.8 Å². The summed E-state index contributed by atoms with van der Waals surface area (Å²) >= 11 is 18.3. The minimum absolute atomic E-state index is 0.332. The Hall–Kier alpha value is -0.730. The normalized spacial score (nSPS) is 12.4. The van der Waals surface area contributed by atoms with Crippen LogP contribution in [0.1, 0.15) is 24.0 Å². The van der Waals surface area contributed by atoms with E-state index in [9.17, 15) is 0 Å². The van der Waals surface area contributed by atoms with E-state index in [0.29, 0.717) is 10.9 Å². The van der Waals surface area contributed by atoms with E-state index in [1.54, 1.807) is 0 Å². The van der Waals surface area contributed by atoms with E-state index in [0.717, 1.165) is 35.1 Å². The number of hydrogen-bond acceptors (Lipinski definition) is 1. The number of likely N-dealkylation sites (N-methyl/N-ethyl adjacent to an activating group) is 1. The molecule has 0 saturated heterocycles. The molecule has 1 nitrogen and oxygen atoms in total. The summed E-state index contributed by atoms with van der Waals surface area (Å²) in [6.45, 7) is 3.93. The molecule has 0 aliphatic rings. The Morgan fingerprint density at radius 3 is 2.29 bits per heavy atom. The SMILES string of the molecule is CCNCC(Cc1cc(Cl)ccc1Cl)c1ccc(Cl)cc1. The Bertz CT molecular complexity index is 581. The van der Waals surface area contributed by atoms with Crippen LogP contribution in [0, 0.1) is 0 Å². The second-order valence-corrected chi connectivity index (χ2v) is 6.28. The summed E-state index contributed by atoms with van der Waals surface area (Å²) in [6, 6.07) is 13.6. The quantitative estimate of drug-likeness (QED) is 0.722. The molecule has 0 spiro atoms. The molecule has 2 rings (SSSR count). The average Bonchev–Trinajstić information content (AvgIpc) is 2.48. The zero-order valence-electron chi connectivity index (χ0n) is 11.9. The highest BCUT2D eigenvalue weighted by Crippen LogP contribution is 2.28. The smallest absolute Gasteiger partial charge is 0.0439 e. The number of rotatable bonds is 6. The van der Waals surface area contributed by atoms with Crippen molar-refractivity contribution in [1.29, 1.82) is 0 Å². The van der Waals surface area contributed by atoms with Crippen LogP contribution in [-0.2, 0) is 6.42 Å². The lowest BCUT2D eigenvalue weighted by atomic mass is 9.92. The molecule has 0 aliphatic carbocycles. The largest absolute Gasteiger partial charge is 0.316 e. The van der Waals surface area contributed by atoms with Gasteiger partial charge >= 0.3 is 0 Å². The number of halogens is 3. The second kappa shape index (κ2) is 8.05. The molecule has 112 valence electrons. The van der Waals surface area contributed by atoms with Gasteiger partial charge in [0.05, 0.1) is 0 Å². The lowest BCUT2D eigenvalue weighted by Gasteiger charge is -2.19. The first-order valence-corrected chi connectivity index (χ1v) is 8.13. The Morgan fingerprint density at radius 1 is 0.952 bits per heavy atom. The first kappa shape index (κ1) is 16.6. The molecule has 0 bridgehead atoms. The molecule has 0 heterocycles. The number of benzene rings is 2. The highest BCUT2D eigenvalue weighted by Gasteiger charge is 2.14. The molecule has 21 heavy (non-hydrogen) atoms. The first-order valence-electron chi connectivity index (χ1n) is 7.00. The molecule has 1 N–H and O–H groups in total. The van der Waals surface area contributed by atoms with Gasteiger partial charge in [-0.3, -0.25) is 0 Å². The van der Waals surface area contributed by atoms with Crippen molar-refractivity contribution in [2.45, 2.75) is 19.3 Å². The summed E-state index contributed by atoms with van der Waals surface area (Å²) in [5.74, 6) is 0.332. The van der Waals surface area contributed by atoms with Crippen molar-refractivity contribution in [1.82, 2.24) is 5.32 Å². The van der Waals surface area contributed by atoms with Crippen molar-refractivity contribution in [3.05, 3.63) is 68.7 Å². The lowest BCUT2D eigenvalue weighted by molar-refractivity contribution is 0.595. The van der Waals surface area contributed by atoms with Gasteiger partial charge in [-0.2, -0.15) is 0 Å². The monoisotopic (exact) mass is 341 g/mol. The molecule has 0 amide bonds. The van der Waals surface area contributed by atoms with E-state index >= 15 is 0 Å². The standard InChI is InChI=1S/C17H18Cl3N/c1-2-21-11-14(12-3-5-15(18)6-4-12)9-13-10-16(19)7-8-17(13)20/h3-8,10,14,21H,2,9,11H2,1H3. The summed E-state index contributed by atoms with van der Waals surface area (Å²) < 4.78 is 0. The number of nitrogens with one attached hydrogen (secondary N) is 1. The highest BCUT2D eigenvalue weighted by atomic mass is 35.5. The van der Waals surface area contributed by atoms with Crippen molar-refractivity contribution in [3.63, 3.8) is 0 Å². The Balaban J connectivity index is 2.23. The van der Waals surface area contributed by atoms with Crippen LogP contribution < -0.4 is 5.32 Å². The summed E-state index contributed by atoms with van der Waals surface area (Å²) in [4.78, 5) is 0. The zero-order valence-corrected chi connectivity index (χ0v) is 14.1. The lowest BCUT2D eigenvalue weighted by Crippen LogP contribution is -2.22. The van der Waals surface area contributed by atoms with Crippen LogP contribution in [0.15, 0.2) is 42.5 Å². The minimum atomic E-state index is 0.332. The van der Waals surface area contributed by atoms with Crippen LogP contribution in [0.5, 0.6) is 0 Å². The van der Waals surface area contributed by atoms with Crippen molar-refractivity contribution in [3.8, 4) is 0 Å². The zero-order chi connectivity index (χ0) is 15.2. The van der Waals surface area contributed by atoms with Gasteiger partial charge < -0.3 is 5.32 Å². The molecule has 0 aliphatic heterocycles. The van der Waals surface area contributed by atoms with Crippen LogP contribution in [0.3, 0.4) is 0 Å². The van der Waals surface area contributed by atoms with Crippen molar-refractivity contribution < 1.29 is 0 Å². The van der Waals surface area contributed by atoms with Gasteiger partial charge in [-0.05, 0) is 54.4 Å². The van der Waals surface area contributed by atoms with E-state index < -0.39 is 0 Å². The topological polar surface area (TPSA) is 12.0 Å². The highest BCUT2D eigenvalue weighted by molar-refractivity contribution is 6.33. The molecule has 4 heteroatoms. The Morgan fingerprint density at radius 2 is 1.62 bits per heavy atom. The maximum absolute atomic E-state index is 6.29. The van der Waals surface area contributed by atoms with E-state index in [-0.39, 0.29) is 0 Å². The molecule has 1 atom stereocenters. The maximum Gasteiger partial charge on any atom is 0.0439 e. The summed E-state index contributed by atoms with van der Waals surface area (Å²) in [6.07, 6.45) is 0.841. The van der Waals surface area contributed by atoms with Crippen LogP contribution in [0.2, 0.25) is 15.1 Å². The molecule has 0 aromatic heterocycles. The molecule has 0 fully saturated rings. The van der Waals surface area contributed by atoms with Crippen LogP contribution in [-0.4, -0.2) is 13.1 Å². The maximum atomic E-state index is 6.29. The molecular formula is C17H18Cl3N. The van der Waals surface area contributed by atoms with Gasteiger partial charge in [-0.25, -0.2) is 0 Å². The fraction of sp³-hybridized carbons (Fsp3) is 0.294. The fourth-order valence-corrected chi connectivity index (χ4v) is 2.84. The molecule has 2 aromatic rings. The Kier molecular flexibility index (Phi) is 6.38. The van der Waals surface area contributed by atoms with E-state index in [2.05, 4.69) is 24.4 Å². The minimum Gasteiger partial charge on any atom is -0.316 e. The van der Waals surface area contributed by atoms with Gasteiger partial charge in [0.25, 0.3) is 0 Å². The fourth-order valence-electron chi connectivity index (χ4n) is 2.33. The number of hydrogen-bond donors (Lipinski definition) is 1. The second-order valence-electron chi connectivity index (χ2n) is 5.00. The first-order chi connectivity index (χ1) is 10.1. The van der Waals surface area contributed by atoms with E-state index in [1.165, 1.54) is 5.56 Å². The van der Waals surface area contributed by atoms with Gasteiger partial charge in [-0.15, -0.1) is 0 Å². The predicted molar refractivity (Wildman–Crippen MR) is 92.9 cm³/mol. The third-order valence-corrected chi connectivity index (χ3v) is 4.31. The van der Waals surface area contributed by atoms with Gasteiger partial charge in [0.1, 0.15) is 0 Å². The van der Waals surface area contributed by atoms with E-state index in [4.69, 9.17) is 34.8 Å². The van der Waals surface area contributed by atoms with E-state index in [1.807, 2.05) is 30.3 Å². The molecule has 2 aromatic carbocycles. The van der Waals surface area contributed by atoms with Crippen LogP contribution >= 0.6 is 34.8 Å². The van der Waals surface area contributed by atoms with Crippen molar-refractivity contribution in [2.75, 3.05) is 13.1 Å². The third-order valence-electron chi connectivity index (χ3n) is 3.46. The third kappa shape index (κ3) is 4.89. The summed E-state index contributed by atoms with van der Waals surface area (Å²) in [5.41, 5.74) is 2.32. The van der Waals surface area contributed by atoms with Crippen molar-refractivity contribution in [2.24, 2.45) is 0 Å². The van der Waals surface area contributed by atoms with Gasteiger partial charge in [-0.1, -0.05) is 53.9 Å². The van der Waals surface area contributed by atoms with Gasteiger partial charge in [0.2, 0.25) is 0 Å². The molecule has 1 unspecified atom stereocenters. The Labute approximate surface area is 141 Å². The summed E-state index contributed by atoms with van der Waals surface area (Å²) in [5, 5.41) is 5.63.